The molecule has 1 unspecified atom stereocenters. The Labute approximate surface area is 179 Å². The van der Waals surface area contributed by atoms with Crippen molar-refractivity contribution in [2.75, 3.05) is 18.5 Å². The lowest BCUT2D eigenvalue weighted by atomic mass is 9.84. The molecule has 1 N–H and O–H groups in total. The number of halogens is 2. The maximum atomic E-state index is 12.9. The summed E-state index contributed by atoms with van der Waals surface area (Å²) in [4.78, 5) is 17.2. The first-order chi connectivity index (χ1) is 12.8. The minimum atomic E-state index is -3.31. The predicted molar refractivity (Wildman–Crippen MR) is 114 cm³/mol. The Morgan fingerprint density at radius 2 is 2.00 bits per heavy atom. The third-order valence-electron chi connectivity index (χ3n) is 4.50. The molecular weight excluding hydrogens is 523 g/mol. The lowest BCUT2D eigenvalue weighted by Gasteiger charge is -2.26. The molecule has 0 radical (unpaired) electrons. The van der Waals surface area contributed by atoms with Crippen molar-refractivity contribution in [3.63, 3.8) is 0 Å². The summed E-state index contributed by atoms with van der Waals surface area (Å²) < 4.78 is 29.3. The van der Waals surface area contributed by atoms with Crippen molar-refractivity contribution in [3.8, 4) is 0 Å². The van der Waals surface area contributed by atoms with Crippen LogP contribution in [0.2, 0.25) is 4.34 Å². The Balaban J connectivity index is 1.82. The maximum absolute atomic E-state index is 12.9. The molecule has 10 heteroatoms. The monoisotopic (exact) mass is 540 g/mol. The molecule has 27 heavy (non-hydrogen) atoms. The van der Waals surface area contributed by atoms with E-state index < -0.39 is 12.9 Å². The molecule has 146 valence electrons. The average molecular weight is 541 g/mol. The van der Waals surface area contributed by atoms with E-state index in [2.05, 4.69) is 10.3 Å². The molecule has 1 aromatic heterocycles. The molecule has 1 aliphatic rings. The normalized spacial score (nSPS) is 16.8. The molecule has 0 saturated carbocycles. The van der Waals surface area contributed by atoms with E-state index >= 15 is 0 Å². The lowest BCUT2D eigenvalue weighted by Crippen LogP contribution is -2.26. The van der Waals surface area contributed by atoms with Crippen LogP contribution in [0.15, 0.2) is 35.4 Å². The molecule has 1 aromatic carbocycles. The highest BCUT2D eigenvalue weighted by atomic mass is 127. The number of rotatable bonds is 6. The summed E-state index contributed by atoms with van der Waals surface area (Å²) in [5.74, 6) is -0.193. The van der Waals surface area contributed by atoms with Crippen LogP contribution in [0.1, 0.15) is 30.7 Å². The molecule has 1 fully saturated rings. The van der Waals surface area contributed by atoms with Gasteiger partial charge in [0.05, 0.1) is 38.2 Å². The third-order valence-corrected chi connectivity index (χ3v) is 7.89. The van der Waals surface area contributed by atoms with Crippen LogP contribution in [0.25, 0.3) is 0 Å². The average Bonchev–Trinajstić information content (AvgIpc) is 3.04. The van der Waals surface area contributed by atoms with Crippen molar-refractivity contribution in [1.29, 1.82) is 0 Å². The molecule has 6 nitrogen and oxygen atoms in total. The zero-order valence-electron chi connectivity index (χ0n) is 14.2. The van der Waals surface area contributed by atoms with Gasteiger partial charge in [0.2, 0.25) is 12.9 Å². The molecular formula is C17H18ClIN2O4S2. The van der Waals surface area contributed by atoms with Gasteiger partial charge in [-0.3, -0.25) is 4.79 Å². The van der Waals surface area contributed by atoms with Crippen molar-refractivity contribution in [2.24, 2.45) is 5.92 Å². The summed E-state index contributed by atoms with van der Waals surface area (Å²) in [5, 5.41) is 3.28. The van der Waals surface area contributed by atoms with E-state index in [-0.39, 0.29) is 10.8 Å². The highest BCUT2D eigenvalue weighted by molar-refractivity contribution is 14.2. The zero-order chi connectivity index (χ0) is 19.4. The SMILES string of the molecule is O=C(Nc1ncc(Cl)s1)C(CC1CCOCC1)c1ccc(S(=O)(=O)I)cc1. The van der Waals surface area contributed by atoms with E-state index in [0.29, 0.717) is 35.0 Å². The molecule has 0 aliphatic carbocycles. The summed E-state index contributed by atoms with van der Waals surface area (Å²) >= 11 is 8.50. The van der Waals surface area contributed by atoms with Crippen molar-refractivity contribution in [1.82, 2.24) is 4.98 Å². The van der Waals surface area contributed by atoms with E-state index in [1.807, 2.05) is 0 Å². The number of hydrogen-bond acceptors (Lipinski definition) is 6. The van der Waals surface area contributed by atoms with Crippen LogP contribution in [0.3, 0.4) is 0 Å². The Morgan fingerprint density at radius 3 is 2.56 bits per heavy atom. The van der Waals surface area contributed by atoms with Crippen LogP contribution < -0.4 is 5.32 Å². The molecule has 1 atom stereocenters. The van der Waals surface area contributed by atoms with Gasteiger partial charge in [0.15, 0.2) is 5.13 Å². The second-order valence-corrected chi connectivity index (χ2v) is 12.8. The topological polar surface area (TPSA) is 85.4 Å². The minimum absolute atomic E-state index is 0.169. The van der Waals surface area contributed by atoms with Crippen LogP contribution in [0, 0.1) is 5.92 Å². The predicted octanol–water partition coefficient (Wildman–Crippen LogP) is 4.46. The summed E-state index contributed by atoms with van der Waals surface area (Å²) in [6, 6.07) is 6.51. The van der Waals surface area contributed by atoms with Crippen LogP contribution in [-0.4, -0.2) is 32.5 Å². The van der Waals surface area contributed by atoms with Gasteiger partial charge in [-0.1, -0.05) is 35.1 Å². The number of nitrogens with one attached hydrogen (secondary N) is 1. The largest absolute Gasteiger partial charge is 0.381 e. The van der Waals surface area contributed by atoms with Gasteiger partial charge >= 0.3 is 0 Å². The Morgan fingerprint density at radius 1 is 1.33 bits per heavy atom. The van der Waals surface area contributed by atoms with E-state index in [1.165, 1.54) is 38.7 Å². The number of amides is 1. The number of benzene rings is 1. The minimum Gasteiger partial charge on any atom is -0.381 e. The number of thiazole rings is 1. The summed E-state index contributed by atoms with van der Waals surface area (Å²) in [7, 11) is -3.31. The summed E-state index contributed by atoms with van der Waals surface area (Å²) in [6.45, 7) is 1.40. The number of aromatic nitrogens is 1. The van der Waals surface area contributed by atoms with Crippen molar-refractivity contribution < 1.29 is 17.9 Å². The maximum Gasteiger partial charge on any atom is 0.233 e. The van der Waals surface area contributed by atoms with Gasteiger partial charge in [0, 0.05) is 13.2 Å². The standard InChI is InChI=1S/C17H18ClIN2O4S2/c18-15-10-20-17(26-15)21-16(22)14(9-11-5-7-25-8-6-11)12-1-3-13(4-2-12)27(19,23)24/h1-4,10-11,14H,5-9H2,(H,20,21,22). The summed E-state index contributed by atoms with van der Waals surface area (Å²) in [6.07, 6.45) is 3.99. The fourth-order valence-electron chi connectivity index (χ4n) is 3.08. The lowest BCUT2D eigenvalue weighted by molar-refractivity contribution is -0.118. The summed E-state index contributed by atoms with van der Waals surface area (Å²) in [5.41, 5.74) is 0.783. The second kappa shape index (κ2) is 9.17. The molecule has 1 amide bonds. The van der Waals surface area contributed by atoms with E-state index in [0.717, 1.165) is 18.4 Å². The van der Waals surface area contributed by atoms with Gasteiger partial charge in [-0.15, -0.1) is 0 Å². The van der Waals surface area contributed by atoms with Gasteiger partial charge in [-0.2, -0.15) is 0 Å². The van der Waals surface area contributed by atoms with Crippen molar-refractivity contribution in [2.45, 2.75) is 30.1 Å². The quantitative estimate of drug-likeness (QED) is 0.432. The fourth-order valence-corrected chi connectivity index (χ4v) is 5.23. The van der Waals surface area contributed by atoms with E-state index in [4.69, 9.17) is 16.3 Å². The molecule has 0 bridgehead atoms. The highest BCUT2D eigenvalue weighted by Gasteiger charge is 2.27. The van der Waals surface area contributed by atoms with Crippen LogP contribution in [-0.2, 0) is 16.5 Å². The second-order valence-electron chi connectivity index (χ2n) is 6.31. The van der Waals surface area contributed by atoms with Crippen molar-refractivity contribution in [3.05, 3.63) is 40.4 Å². The fraction of sp³-hybridized carbons (Fsp3) is 0.412. The zero-order valence-corrected chi connectivity index (χ0v) is 18.8. The van der Waals surface area contributed by atoms with E-state index in [9.17, 15) is 13.2 Å². The molecule has 2 aromatic rings. The molecule has 3 rings (SSSR count). The molecule has 0 spiro atoms. The Bertz CT molecular complexity index is 896. The first-order valence-electron chi connectivity index (χ1n) is 8.37. The van der Waals surface area contributed by atoms with E-state index in [1.54, 1.807) is 24.3 Å². The molecule has 1 saturated heterocycles. The first-order valence-corrected chi connectivity index (χ1v) is 13.6. The smallest absolute Gasteiger partial charge is 0.233 e. The molecule has 2 heterocycles. The number of ether oxygens (including phenoxy) is 1. The van der Waals surface area contributed by atoms with Crippen molar-refractivity contribution >= 4 is 62.2 Å². The van der Waals surface area contributed by atoms with Gasteiger partial charge in [0.1, 0.15) is 4.34 Å². The van der Waals surface area contributed by atoms with Gasteiger partial charge in [-0.25, -0.2) is 13.4 Å². The van der Waals surface area contributed by atoms with Gasteiger partial charge < -0.3 is 10.1 Å². The van der Waals surface area contributed by atoms with Crippen LogP contribution in [0.4, 0.5) is 5.13 Å². The van der Waals surface area contributed by atoms with Crippen LogP contribution >= 0.6 is 44.1 Å². The third kappa shape index (κ3) is 5.86. The Kier molecular flexibility index (Phi) is 7.12. The first kappa shape index (κ1) is 21.0. The van der Waals surface area contributed by atoms with Crippen LogP contribution in [0.5, 0.6) is 0 Å². The number of nitrogens with zero attached hydrogens (tertiary/aromatic N) is 1. The highest BCUT2D eigenvalue weighted by Crippen LogP contribution is 2.32. The number of anilines is 1. The van der Waals surface area contributed by atoms with Gasteiger partial charge in [-0.05, 0) is 42.9 Å². The number of hydrogen-bond donors (Lipinski definition) is 1. The van der Waals surface area contributed by atoms with Gasteiger partial charge in [0.25, 0.3) is 0 Å². The number of carbonyl (C=O) groups is 1. The molecule has 1 aliphatic heterocycles. The Hall–Kier alpha value is -0.750. The number of carbonyl (C=O) groups excluding carboxylic acids is 1.